The molecule has 0 aromatic heterocycles. The summed E-state index contributed by atoms with van der Waals surface area (Å²) in [6.45, 7) is 1.73. The van der Waals surface area contributed by atoms with Crippen LogP contribution in [0.4, 0.5) is 0 Å². The molecule has 22 heavy (non-hydrogen) atoms. The average molecular weight is 320 g/mol. The van der Waals surface area contributed by atoms with Crippen LogP contribution in [0.3, 0.4) is 0 Å². The summed E-state index contributed by atoms with van der Waals surface area (Å²) >= 11 is 5.92. The Morgan fingerprint density at radius 2 is 1.95 bits per heavy atom. The molecule has 1 amide bonds. The van der Waals surface area contributed by atoms with Gasteiger partial charge in [-0.1, -0.05) is 41.9 Å². The topological polar surface area (TPSA) is 58.6 Å². The van der Waals surface area contributed by atoms with Gasteiger partial charge >= 0.3 is 0 Å². The quantitative estimate of drug-likeness (QED) is 0.890. The van der Waals surface area contributed by atoms with Gasteiger partial charge in [0, 0.05) is 5.02 Å². The highest BCUT2D eigenvalue weighted by molar-refractivity contribution is 6.31. The number of carbonyl (C=O) groups excluding carboxylic acids is 1. The van der Waals surface area contributed by atoms with Crippen LogP contribution in [-0.2, 0) is 5.60 Å². The van der Waals surface area contributed by atoms with E-state index in [0.29, 0.717) is 16.3 Å². The molecule has 0 spiro atoms. The molecule has 1 unspecified atom stereocenters. The lowest BCUT2D eigenvalue weighted by atomic mass is 9.96. The van der Waals surface area contributed by atoms with Crippen molar-refractivity contribution in [2.45, 2.75) is 12.5 Å². The first-order valence-electron chi connectivity index (χ1n) is 6.83. The van der Waals surface area contributed by atoms with Crippen LogP contribution in [-0.4, -0.2) is 24.7 Å². The Bertz CT molecular complexity index is 656. The van der Waals surface area contributed by atoms with Gasteiger partial charge in [-0.3, -0.25) is 4.79 Å². The second-order valence-corrected chi connectivity index (χ2v) is 5.60. The molecule has 0 bridgehead atoms. The largest absolute Gasteiger partial charge is 0.496 e. The summed E-state index contributed by atoms with van der Waals surface area (Å²) in [4.78, 5) is 12.3. The fourth-order valence-electron chi connectivity index (χ4n) is 2.10. The molecule has 0 aliphatic carbocycles. The molecule has 1 atom stereocenters. The normalized spacial score (nSPS) is 13.3. The number of rotatable bonds is 5. The lowest BCUT2D eigenvalue weighted by molar-refractivity contribution is 0.0525. The molecule has 0 saturated carbocycles. The van der Waals surface area contributed by atoms with Crippen molar-refractivity contribution in [2.75, 3.05) is 13.7 Å². The van der Waals surface area contributed by atoms with Crippen molar-refractivity contribution in [1.29, 1.82) is 0 Å². The summed E-state index contributed by atoms with van der Waals surface area (Å²) in [5.74, 6) is 0.0804. The summed E-state index contributed by atoms with van der Waals surface area (Å²) in [6, 6.07) is 14.0. The molecular weight excluding hydrogens is 302 g/mol. The van der Waals surface area contributed by atoms with Gasteiger partial charge in [0.15, 0.2) is 0 Å². The first-order valence-corrected chi connectivity index (χ1v) is 7.21. The van der Waals surface area contributed by atoms with Crippen LogP contribution >= 0.6 is 11.6 Å². The highest BCUT2D eigenvalue weighted by Gasteiger charge is 2.24. The molecule has 2 aromatic carbocycles. The maximum atomic E-state index is 12.3. The van der Waals surface area contributed by atoms with Gasteiger partial charge in [-0.25, -0.2) is 0 Å². The van der Waals surface area contributed by atoms with E-state index in [1.165, 1.54) is 13.2 Å². The number of hydrogen-bond acceptors (Lipinski definition) is 3. The molecule has 0 saturated heterocycles. The molecule has 0 aliphatic heterocycles. The van der Waals surface area contributed by atoms with Gasteiger partial charge < -0.3 is 15.2 Å². The molecule has 0 radical (unpaired) electrons. The average Bonchev–Trinajstić information content (AvgIpc) is 2.53. The fourth-order valence-corrected chi connectivity index (χ4v) is 2.28. The summed E-state index contributed by atoms with van der Waals surface area (Å²) in [6.07, 6.45) is 0. The van der Waals surface area contributed by atoms with Gasteiger partial charge in [-0.2, -0.15) is 0 Å². The number of hydrogen-bond donors (Lipinski definition) is 2. The molecule has 0 fully saturated rings. The first kappa shape index (κ1) is 16.3. The van der Waals surface area contributed by atoms with Crippen LogP contribution in [0.1, 0.15) is 22.8 Å². The van der Waals surface area contributed by atoms with Crippen LogP contribution in [0.2, 0.25) is 5.02 Å². The van der Waals surface area contributed by atoms with E-state index in [1.54, 1.807) is 19.1 Å². The van der Waals surface area contributed by atoms with Gasteiger partial charge in [-0.15, -0.1) is 0 Å². The van der Waals surface area contributed by atoms with E-state index >= 15 is 0 Å². The number of aliphatic hydroxyl groups is 1. The molecule has 0 heterocycles. The minimum atomic E-state index is -1.16. The molecule has 5 heteroatoms. The fraction of sp³-hybridized carbons (Fsp3) is 0.235. The van der Waals surface area contributed by atoms with Gasteiger partial charge in [-0.05, 0) is 30.7 Å². The second kappa shape index (κ2) is 6.81. The van der Waals surface area contributed by atoms with E-state index < -0.39 is 5.60 Å². The third-order valence-electron chi connectivity index (χ3n) is 3.40. The third-order valence-corrected chi connectivity index (χ3v) is 3.63. The zero-order valence-corrected chi connectivity index (χ0v) is 13.2. The van der Waals surface area contributed by atoms with Crippen LogP contribution in [0.25, 0.3) is 0 Å². The number of carbonyl (C=O) groups is 1. The van der Waals surface area contributed by atoms with Crippen molar-refractivity contribution in [1.82, 2.24) is 5.32 Å². The Morgan fingerprint density at radius 1 is 1.27 bits per heavy atom. The Labute approximate surface area is 134 Å². The predicted octanol–water partition coefficient (Wildman–Crippen LogP) is 2.99. The summed E-state index contributed by atoms with van der Waals surface area (Å²) in [5.41, 5.74) is -0.102. The van der Waals surface area contributed by atoms with Crippen molar-refractivity contribution < 1.29 is 14.6 Å². The Morgan fingerprint density at radius 3 is 2.59 bits per heavy atom. The molecule has 4 nitrogen and oxygen atoms in total. The number of benzene rings is 2. The monoisotopic (exact) mass is 319 g/mol. The lowest BCUT2D eigenvalue weighted by Crippen LogP contribution is -2.38. The Kier molecular flexibility index (Phi) is 5.06. The van der Waals surface area contributed by atoms with E-state index in [4.69, 9.17) is 16.3 Å². The van der Waals surface area contributed by atoms with Crippen molar-refractivity contribution in [2.24, 2.45) is 0 Å². The smallest absolute Gasteiger partial charge is 0.255 e. The van der Waals surface area contributed by atoms with Crippen LogP contribution < -0.4 is 10.1 Å². The highest BCUT2D eigenvalue weighted by atomic mass is 35.5. The third kappa shape index (κ3) is 3.78. The first-order chi connectivity index (χ1) is 10.4. The van der Waals surface area contributed by atoms with Gasteiger partial charge in [0.1, 0.15) is 11.4 Å². The van der Waals surface area contributed by atoms with E-state index in [2.05, 4.69) is 5.32 Å². The van der Waals surface area contributed by atoms with Crippen LogP contribution in [0, 0.1) is 0 Å². The molecular formula is C17H18ClNO3. The van der Waals surface area contributed by atoms with Gasteiger partial charge in [0.05, 0.1) is 19.2 Å². The molecule has 2 aromatic rings. The Balaban J connectivity index is 2.12. The van der Waals surface area contributed by atoms with Crippen LogP contribution in [0.15, 0.2) is 48.5 Å². The van der Waals surface area contributed by atoms with E-state index in [0.717, 1.165) is 5.56 Å². The standard InChI is InChI=1S/C17H18ClNO3/c1-17(21,12-6-4-3-5-7-12)11-19-16(20)14-10-13(18)8-9-15(14)22-2/h3-10,21H,11H2,1-2H3,(H,19,20). The second-order valence-electron chi connectivity index (χ2n) is 5.17. The highest BCUT2D eigenvalue weighted by Crippen LogP contribution is 2.23. The molecule has 116 valence electrons. The molecule has 2 N–H and O–H groups in total. The molecule has 2 rings (SSSR count). The van der Waals surface area contributed by atoms with Crippen LogP contribution in [0.5, 0.6) is 5.75 Å². The summed E-state index contributed by atoms with van der Waals surface area (Å²) < 4.78 is 5.16. The van der Waals surface area contributed by atoms with Crippen molar-refractivity contribution >= 4 is 17.5 Å². The SMILES string of the molecule is COc1ccc(Cl)cc1C(=O)NCC(C)(O)c1ccccc1. The van der Waals surface area contributed by atoms with Crippen molar-refractivity contribution in [3.05, 3.63) is 64.7 Å². The maximum Gasteiger partial charge on any atom is 0.255 e. The summed E-state index contributed by atoms with van der Waals surface area (Å²) in [5, 5.41) is 13.6. The zero-order chi connectivity index (χ0) is 16.2. The Hall–Kier alpha value is -2.04. The van der Waals surface area contributed by atoms with E-state index in [-0.39, 0.29) is 12.5 Å². The van der Waals surface area contributed by atoms with E-state index in [1.807, 2.05) is 30.3 Å². The molecule has 0 aliphatic rings. The number of amides is 1. The minimum Gasteiger partial charge on any atom is -0.496 e. The maximum absolute atomic E-state index is 12.3. The minimum absolute atomic E-state index is 0.0749. The van der Waals surface area contributed by atoms with Crippen molar-refractivity contribution in [3.63, 3.8) is 0 Å². The van der Waals surface area contributed by atoms with Gasteiger partial charge in [0.25, 0.3) is 5.91 Å². The van der Waals surface area contributed by atoms with Crippen molar-refractivity contribution in [3.8, 4) is 5.75 Å². The number of halogens is 1. The van der Waals surface area contributed by atoms with Gasteiger partial charge in [0.2, 0.25) is 0 Å². The summed E-state index contributed by atoms with van der Waals surface area (Å²) in [7, 11) is 1.49. The lowest BCUT2D eigenvalue weighted by Gasteiger charge is -2.24. The predicted molar refractivity (Wildman–Crippen MR) is 86.4 cm³/mol. The van der Waals surface area contributed by atoms with E-state index in [9.17, 15) is 9.90 Å². The zero-order valence-electron chi connectivity index (χ0n) is 12.5. The number of methoxy groups -OCH3 is 1. The number of nitrogens with one attached hydrogen (secondary N) is 1. The number of ether oxygens (including phenoxy) is 1.